The minimum Gasteiger partial charge on any atom is -0.489 e. The summed E-state index contributed by atoms with van der Waals surface area (Å²) in [6.07, 6.45) is 3.28. The van der Waals surface area contributed by atoms with Crippen molar-refractivity contribution in [1.29, 1.82) is 0 Å². The van der Waals surface area contributed by atoms with E-state index in [0.717, 1.165) is 25.9 Å². The van der Waals surface area contributed by atoms with Gasteiger partial charge < -0.3 is 14.8 Å². The number of nitrogens with one attached hydrogen (secondary N) is 1. The maximum atomic E-state index is 12.8. The van der Waals surface area contributed by atoms with Crippen LogP contribution >= 0.6 is 0 Å². The lowest BCUT2D eigenvalue weighted by molar-refractivity contribution is -0.116. The van der Waals surface area contributed by atoms with Gasteiger partial charge in [0.2, 0.25) is 5.91 Å². The molecule has 4 rings (SSSR count). The van der Waals surface area contributed by atoms with Gasteiger partial charge in [-0.2, -0.15) is 0 Å². The first kappa shape index (κ1) is 20.1. The van der Waals surface area contributed by atoms with Gasteiger partial charge in [-0.1, -0.05) is 24.3 Å². The molecule has 2 heterocycles. The van der Waals surface area contributed by atoms with Crippen molar-refractivity contribution in [2.45, 2.75) is 38.8 Å². The number of ether oxygens (including phenoxy) is 2. The van der Waals surface area contributed by atoms with Crippen LogP contribution in [0.5, 0.6) is 5.75 Å². The highest BCUT2D eigenvalue weighted by Gasteiger charge is 2.16. The Labute approximate surface area is 174 Å². The average Bonchev–Trinajstić information content (AvgIpc) is 2.77. The Morgan fingerprint density at radius 3 is 2.83 bits per heavy atom. The summed E-state index contributed by atoms with van der Waals surface area (Å²) in [6.45, 7) is 2.81. The maximum Gasteiger partial charge on any atom is 0.261 e. The van der Waals surface area contributed by atoms with E-state index in [-0.39, 0.29) is 24.1 Å². The molecule has 7 nitrogen and oxygen atoms in total. The highest BCUT2D eigenvalue weighted by atomic mass is 16.5. The first-order valence-electron chi connectivity index (χ1n) is 10.2. The van der Waals surface area contributed by atoms with Gasteiger partial charge in [-0.05, 0) is 50.5 Å². The molecule has 1 aliphatic heterocycles. The summed E-state index contributed by atoms with van der Waals surface area (Å²) in [5.41, 5.74) is 0.963. The predicted molar refractivity (Wildman–Crippen MR) is 115 cm³/mol. The summed E-state index contributed by atoms with van der Waals surface area (Å²) < 4.78 is 13.0. The third-order valence-corrected chi connectivity index (χ3v) is 5.21. The molecule has 0 radical (unpaired) electrons. The van der Waals surface area contributed by atoms with Crippen molar-refractivity contribution in [3.8, 4) is 5.75 Å². The molecular formula is C23H25N3O4. The standard InChI is InChI=1S/C23H25N3O4/c1-16-24-19-10-3-2-9-18(19)23(28)26(16)14-22(27)25-20-11-4-5-12-21(20)30-15-17-8-6-7-13-29-17/h2-5,9-12,17H,6-8,13-15H2,1H3,(H,25,27). The number of hydrogen-bond donors (Lipinski definition) is 1. The number of fused-ring (bicyclic) bond motifs is 1. The molecule has 3 aromatic rings. The number of amides is 1. The van der Waals surface area contributed by atoms with Crippen LogP contribution in [0.2, 0.25) is 0 Å². The SMILES string of the molecule is Cc1nc2ccccc2c(=O)n1CC(=O)Nc1ccccc1OCC1CCCCO1. The second-order valence-corrected chi connectivity index (χ2v) is 7.41. The molecule has 2 aromatic carbocycles. The number of nitrogens with zero attached hydrogens (tertiary/aromatic N) is 2. The summed E-state index contributed by atoms with van der Waals surface area (Å²) in [7, 11) is 0. The Kier molecular flexibility index (Phi) is 6.09. The van der Waals surface area contributed by atoms with Gasteiger partial charge in [0, 0.05) is 6.61 Å². The third-order valence-electron chi connectivity index (χ3n) is 5.21. The first-order valence-corrected chi connectivity index (χ1v) is 10.2. The zero-order valence-corrected chi connectivity index (χ0v) is 17.0. The van der Waals surface area contributed by atoms with Crippen LogP contribution in [-0.2, 0) is 16.1 Å². The number of aryl methyl sites for hydroxylation is 1. The van der Waals surface area contributed by atoms with E-state index in [2.05, 4.69) is 10.3 Å². The zero-order valence-electron chi connectivity index (χ0n) is 17.0. The second kappa shape index (κ2) is 9.09. The Morgan fingerprint density at radius 1 is 1.20 bits per heavy atom. The monoisotopic (exact) mass is 407 g/mol. The Morgan fingerprint density at radius 2 is 2.00 bits per heavy atom. The fraction of sp³-hybridized carbons (Fsp3) is 0.348. The number of benzene rings is 2. The number of para-hydroxylation sites is 3. The Bertz CT molecular complexity index is 1100. The van der Waals surface area contributed by atoms with Crippen molar-refractivity contribution in [3.05, 3.63) is 64.7 Å². The number of anilines is 1. The highest BCUT2D eigenvalue weighted by Crippen LogP contribution is 2.25. The largest absolute Gasteiger partial charge is 0.489 e. The van der Waals surface area contributed by atoms with Crippen molar-refractivity contribution in [2.75, 3.05) is 18.5 Å². The topological polar surface area (TPSA) is 82.5 Å². The van der Waals surface area contributed by atoms with Gasteiger partial charge in [-0.15, -0.1) is 0 Å². The van der Waals surface area contributed by atoms with E-state index in [0.29, 0.717) is 34.8 Å². The number of aromatic nitrogens is 2. The van der Waals surface area contributed by atoms with Crippen LogP contribution in [0.25, 0.3) is 10.9 Å². The smallest absolute Gasteiger partial charge is 0.261 e. The summed E-state index contributed by atoms with van der Waals surface area (Å²) in [4.78, 5) is 29.9. The molecule has 1 N–H and O–H groups in total. The minimum absolute atomic E-state index is 0.0763. The molecule has 1 atom stereocenters. The summed E-state index contributed by atoms with van der Waals surface area (Å²) in [5.74, 6) is 0.760. The lowest BCUT2D eigenvalue weighted by Gasteiger charge is -2.23. The number of carbonyl (C=O) groups excluding carboxylic acids is 1. The molecular weight excluding hydrogens is 382 g/mol. The molecule has 0 aliphatic carbocycles. The average molecular weight is 407 g/mol. The second-order valence-electron chi connectivity index (χ2n) is 7.41. The van der Waals surface area contributed by atoms with E-state index in [4.69, 9.17) is 9.47 Å². The van der Waals surface area contributed by atoms with E-state index >= 15 is 0 Å². The normalized spacial score (nSPS) is 16.4. The van der Waals surface area contributed by atoms with Crippen LogP contribution in [0.4, 0.5) is 5.69 Å². The number of hydrogen-bond acceptors (Lipinski definition) is 5. The molecule has 1 saturated heterocycles. The lowest BCUT2D eigenvalue weighted by atomic mass is 10.1. The van der Waals surface area contributed by atoms with Crippen LogP contribution in [0.15, 0.2) is 53.3 Å². The van der Waals surface area contributed by atoms with Crippen LogP contribution in [0, 0.1) is 6.92 Å². The molecule has 1 amide bonds. The van der Waals surface area contributed by atoms with Gasteiger partial charge in [-0.3, -0.25) is 14.2 Å². The number of carbonyl (C=O) groups is 1. The van der Waals surface area contributed by atoms with Crippen LogP contribution in [0.1, 0.15) is 25.1 Å². The predicted octanol–water partition coefficient (Wildman–Crippen LogP) is 3.29. The van der Waals surface area contributed by atoms with Crippen molar-refractivity contribution in [1.82, 2.24) is 9.55 Å². The number of rotatable bonds is 6. The molecule has 0 spiro atoms. The van der Waals surface area contributed by atoms with Crippen LogP contribution < -0.4 is 15.6 Å². The molecule has 0 bridgehead atoms. The highest BCUT2D eigenvalue weighted by molar-refractivity contribution is 5.92. The molecule has 1 fully saturated rings. The van der Waals surface area contributed by atoms with E-state index in [1.165, 1.54) is 4.57 Å². The molecule has 156 valence electrons. The van der Waals surface area contributed by atoms with Crippen molar-refractivity contribution >= 4 is 22.5 Å². The van der Waals surface area contributed by atoms with E-state index in [1.54, 1.807) is 31.2 Å². The molecule has 1 aliphatic rings. The summed E-state index contributed by atoms with van der Waals surface area (Å²) in [6, 6.07) is 14.4. The van der Waals surface area contributed by atoms with Gasteiger partial charge in [0.15, 0.2) is 0 Å². The summed E-state index contributed by atoms with van der Waals surface area (Å²) in [5, 5.41) is 3.35. The van der Waals surface area contributed by atoms with Gasteiger partial charge in [-0.25, -0.2) is 4.98 Å². The fourth-order valence-corrected chi connectivity index (χ4v) is 3.62. The van der Waals surface area contributed by atoms with Gasteiger partial charge in [0.05, 0.1) is 22.7 Å². The van der Waals surface area contributed by atoms with Crippen molar-refractivity contribution in [3.63, 3.8) is 0 Å². The molecule has 1 aromatic heterocycles. The molecule has 0 saturated carbocycles. The van der Waals surface area contributed by atoms with Crippen molar-refractivity contribution in [2.24, 2.45) is 0 Å². The Balaban J connectivity index is 1.47. The first-order chi connectivity index (χ1) is 14.6. The minimum atomic E-state index is -0.317. The van der Waals surface area contributed by atoms with Gasteiger partial charge in [0.25, 0.3) is 5.56 Å². The van der Waals surface area contributed by atoms with Gasteiger partial charge >= 0.3 is 0 Å². The van der Waals surface area contributed by atoms with Crippen LogP contribution in [-0.4, -0.2) is 34.8 Å². The third kappa shape index (κ3) is 4.52. The fourth-order valence-electron chi connectivity index (χ4n) is 3.62. The summed E-state index contributed by atoms with van der Waals surface area (Å²) >= 11 is 0. The zero-order chi connectivity index (χ0) is 20.9. The van der Waals surface area contributed by atoms with Gasteiger partial charge in [0.1, 0.15) is 24.7 Å². The lowest BCUT2D eigenvalue weighted by Crippen LogP contribution is -2.30. The quantitative estimate of drug-likeness (QED) is 0.678. The van der Waals surface area contributed by atoms with E-state index in [9.17, 15) is 9.59 Å². The molecule has 1 unspecified atom stereocenters. The maximum absolute atomic E-state index is 12.8. The Hall–Kier alpha value is -3.19. The molecule has 30 heavy (non-hydrogen) atoms. The van der Waals surface area contributed by atoms with E-state index < -0.39 is 0 Å². The van der Waals surface area contributed by atoms with Crippen molar-refractivity contribution < 1.29 is 14.3 Å². The van der Waals surface area contributed by atoms with E-state index in [1.807, 2.05) is 24.3 Å². The molecule has 7 heteroatoms. The van der Waals surface area contributed by atoms with Crippen LogP contribution in [0.3, 0.4) is 0 Å².